The molecule has 2 aromatic rings. The van der Waals surface area contributed by atoms with Gasteiger partial charge in [0.05, 0.1) is 6.33 Å². The monoisotopic (exact) mass is 355 g/mol. The quantitative estimate of drug-likeness (QED) is 0.677. The minimum absolute atomic E-state index is 0.444. The van der Waals surface area contributed by atoms with Gasteiger partial charge in [0.15, 0.2) is 23.2 Å². The van der Waals surface area contributed by atoms with Crippen LogP contribution in [0.4, 0.5) is 5.82 Å². The highest BCUT2D eigenvalue weighted by atomic mass is 16.6. The lowest BCUT2D eigenvalue weighted by molar-refractivity contribution is -0.0230. The van der Waals surface area contributed by atoms with Gasteiger partial charge >= 0.3 is 0 Å². The van der Waals surface area contributed by atoms with Gasteiger partial charge in [0.2, 0.25) is 0 Å². The molecule has 0 amide bonds. The van der Waals surface area contributed by atoms with E-state index >= 15 is 0 Å². The van der Waals surface area contributed by atoms with Crippen LogP contribution in [0, 0.1) is 24.2 Å². The summed E-state index contributed by atoms with van der Waals surface area (Å²) in [6.45, 7) is 0. The molecular weight excluding hydrogens is 334 g/mol. The van der Waals surface area contributed by atoms with Gasteiger partial charge in [0.25, 0.3) is 0 Å². The summed E-state index contributed by atoms with van der Waals surface area (Å²) in [5.74, 6) is 4.50. The van der Waals surface area contributed by atoms with E-state index in [2.05, 4.69) is 26.2 Å². The number of imidazole rings is 1. The highest BCUT2D eigenvalue weighted by Gasteiger charge is 2.44. The molecular formula is C18H21N5O3. The highest BCUT2D eigenvalue weighted by molar-refractivity contribution is 5.83. The van der Waals surface area contributed by atoms with Crippen molar-refractivity contribution in [2.75, 3.05) is 5.32 Å². The smallest absolute Gasteiger partial charge is 0.167 e. The molecule has 0 bridgehead atoms. The first-order chi connectivity index (χ1) is 12.7. The summed E-state index contributed by atoms with van der Waals surface area (Å²) >= 11 is 0. The lowest BCUT2D eigenvalue weighted by Gasteiger charge is -2.19. The van der Waals surface area contributed by atoms with Crippen LogP contribution >= 0.6 is 0 Å². The van der Waals surface area contributed by atoms with Crippen LogP contribution in [0.3, 0.4) is 0 Å². The van der Waals surface area contributed by atoms with Crippen molar-refractivity contribution in [2.24, 2.45) is 11.8 Å². The molecule has 1 saturated heterocycles. The van der Waals surface area contributed by atoms with E-state index in [0.717, 1.165) is 11.8 Å². The van der Waals surface area contributed by atoms with Crippen molar-refractivity contribution >= 4 is 17.0 Å². The molecule has 8 heteroatoms. The number of aromatic nitrogens is 4. The maximum Gasteiger partial charge on any atom is 0.167 e. The van der Waals surface area contributed by atoms with E-state index in [9.17, 15) is 10.2 Å². The lowest BCUT2D eigenvalue weighted by atomic mass is 10.1. The molecule has 3 aliphatic rings. The van der Waals surface area contributed by atoms with E-state index in [4.69, 9.17) is 11.2 Å². The second-order valence-electron chi connectivity index (χ2n) is 7.49. The number of aliphatic hydroxyl groups is 2. The molecule has 1 aliphatic heterocycles. The van der Waals surface area contributed by atoms with Crippen molar-refractivity contribution in [3.05, 3.63) is 12.7 Å². The van der Waals surface area contributed by atoms with Gasteiger partial charge in [-0.2, -0.15) is 0 Å². The number of nitrogens with one attached hydrogen (secondary N) is 1. The van der Waals surface area contributed by atoms with Crippen molar-refractivity contribution in [2.45, 2.75) is 56.3 Å². The van der Waals surface area contributed by atoms with Gasteiger partial charge in [-0.1, -0.05) is 5.92 Å². The molecule has 0 radical (unpaired) electrons. The number of aliphatic hydroxyl groups excluding tert-OH is 2. The summed E-state index contributed by atoms with van der Waals surface area (Å²) in [7, 11) is 0. The molecule has 5 rings (SSSR count). The third-order valence-electron chi connectivity index (χ3n) is 5.60. The number of rotatable bonds is 5. The molecule has 0 aromatic carbocycles. The van der Waals surface area contributed by atoms with Gasteiger partial charge in [0, 0.05) is 6.04 Å². The Hall–Kier alpha value is -2.21. The first-order valence-electron chi connectivity index (χ1n) is 9.09. The predicted molar refractivity (Wildman–Crippen MR) is 92.9 cm³/mol. The molecule has 136 valence electrons. The number of hydrogen-bond acceptors (Lipinski definition) is 7. The summed E-state index contributed by atoms with van der Waals surface area (Å²) in [4.78, 5) is 13.1. The van der Waals surface area contributed by atoms with E-state index in [-0.39, 0.29) is 0 Å². The van der Waals surface area contributed by atoms with Crippen molar-refractivity contribution in [1.29, 1.82) is 0 Å². The zero-order chi connectivity index (χ0) is 17.8. The summed E-state index contributed by atoms with van der Waals surface area (Å²) < 4.78 is 7.22. The fourth-order valence-electron chi connectivity index (χ4n) is 3.86. The first-order valence-corrected chi connectivity index (χ1v) is 9.09. The van der Waals surface area contributed by atoms with Crippen molar-refractivity contribution in [3.63, 3.8) is 0 Å². The van der Waals surface area contributed by atoms with Gasteiger partial charge in [-0.15, -0.1) is 6.42 Å². The van der Waals surface area contributed by atoms with Crippen molar-refractivity contribution < 1.29 is 14.9 Å². The molecule has 2 aromatic heterocycles. The first kappa shape index (κ1) is 16.0. The van der Waals surface area contributed by atoms with Gasteiger partial charge in [-0.25, -0.2) is 15.0 Å². The van der Waals surface area contributed by atoms with Crippen LogP contribution < -0.4 is 5.32 Å². The average molecular weight is 355 g/mol. The fourth-order valence-corrected chi connectivity index (χ4v) is 3.86. The Labute approximate surface area is 150 Å². The minimum atomic E-state index is -1.15. The molecule has 4 atom stereocenters. The molecule has 2 saturated carbocycles. The number of anilines is 1. The largest absolute Gasteiger partial charge is 0.386 e. The predicted octanol–water partition coefficient (Wildman–Crippen LogP) is 0.679. The molecule has 0 unspecified atom stereocenters. The third kappa shape index (κ3) is 2.55. The maximum atomic E-state index is 10.3. The summed E-state index contributed by atoms with van der Waals surface area (Å²) in [5.41, 5.74) is 1.18. The standard InChI is InChI=1S/C18H21N5O3/c1-2-11-14(24)15(25)18(26-11)23-8-21-13-16(19-7-20-17(13)23)22-12(9-3-4-9)10-5-6-10/h1,7-12,14-15,18,24-25H,3-6H2,(H,19,20,22)/t11-,14-,15-,18-/m1/s1. The lowest BCUT2D eigenvalue weighted by Crippen LogP contribution is -2.30. The van der Waals surface area contributed by atoms with Crippen LogP contribution in [0.15, 0.2) is 12.7 Å². The highest BCUT2D eigenvalue weighted by Crippen LogP contribution is 2.46. The zero-order valence-electron chi connectivity index (χ0n) is 14.2. The molecule has 26 heavy (non-hydrogen) atoms. The van der Waals surface area contributed by atoms with Crippen LogP contribution in [0.5, 0.6) is 0 Å². The van der Waals surface area contributed by atoms with E-state index in [1.54, 1.807) is 10.9 Å². The van der Waals surface area contributed by atoms with Crippen LogP contribution in [0.2, 0.25) is 0 Å². The zero-order valence-corrected chi connectivity index (χ0v) is 14.2. The average Bonchev–Trinajstić information content (AvgIpc) is 3.57. The van der Waals surface area contributed by atoms with Gasteiger partial charge in [-0.05, 0) is 37.5 Å². The second-order valence-corrected chi connectivity index (χ2v) is 7.49. The maximum absolute atomic E-state index is 10.3. The van der Waals surface area contributed by atoms with E-state index in [1.807, 2.05) is 0 Å². The summed E-state index contributed by atoms with van der Waals surface area (Å²) in [5, 5.41) is 23.9. The van der Waals surface area contributed by atoms with Crippen molar-refractivity contribution in [1.82, 2.24) is 19.5 Å². The van der Waals surface area contributed by atoms with E-state index in [0.29, 0.717) is 23.0 Å². The molecule has 8 nitrogen and oxygen atoms in total. The van der Waals surface area contributed by atoms with E-state index in [1.165, 1.54) is 32.0 Å². The fraction of sp³-hybridized carbons (Fsp3) is 0.611. The Morgan fingerprint density at radius 2 is 1.88 bits per heavy atom. The number of fused-ring (bicyclic) bond motifs is 1. The van der Waals surface area contributed by atoms with Crippen LogP contribution in [0.1, 0.15) is 31.9 Å². The molecule has 3 N–H and O–H groups in total. The molecule has 2 aliphatic carbocycles. The normalized spacial score (nSPS) is 31.5. The SMILES string of the molecule is C#C[C@H]1O[C@@H](n2cnc3c(NC(C4CC4)C4CC4)ncnc32)[C@H](O)[C@@H]1O. The van der Waals surface area contributed by atoms with Gasteiger partial charge < -0.3 is 20.3 Å². The van der Waals surface area contributed by atoms with Crippen molar-refractivity contribution in [3.8, 4) is 12.3 Å². The molecule has 3 fully saturated rings. The Kier molecular flexibility index (Phi) is 3.64. The van der Waals surface area contributed by atoms with Gasteiger partial charge in [-0.3, -0.25) is 4.57 Å². The molecule has 0 spiro atoms. The number of terminal acetylenes is 1. The number of nitrogens with zero attached hydrogens (tertiary/aromatic N) is 4. The third-order valence-corrected chi connectivity index (χ3v) is 5.60. The van der Waals surface area contributed by atoms with Crippen LogP contribution in [0.25, 0.3) is 11.2 Å². The second kappa shape index (κ2) is 5.91. The summed E-state index contributed by atoms with van der Waals surface area (Å²) in [6, 6.07) is 0.444. The van der Waals surface area contributed by atoms with E-state index < -0.39 is 24.5 Å². The number of ether oxygens (including phenoxy) is 1. The minimum Gasteiger partial charge on any atom is -0.386 e. The topological polar surface area (TPSA) is 105 Å². The molecule has 3 heterocycles. The Balaban J connectivity index is 1.47. The van der Waals surface area contributed by atoms with Crippen LogP contribution in [-0.2, 0) is 4.74 Å². The Morgan fingerprint density at radius 1 is 1.15 bits per heavy atom. The van der Waals surface area contributed by atoms with Gasteiger partial charge in [0.1, 0.15) is 24.6 Å². The Morgan fingerprint density at radius 3 is 2.50 bits per heavy atom. The number of hydrogen-bond donors (Lipinski definition) is 3. The van der Waals surface area contributed by atoms with Crippen LogP contribution in [-0.4, -0.2) is 54.1 Å². The Bertz CT molecular complexity index is 857. The summed E-state index contributed by atoms with van der Waals surface area (Å²) in [6.07, 6.45) is 9.48.